The van der Waals surface area contributed by atoms with Crippen molar-refractivity contribution in [3.05, 3.63) is 23.8 Å². The summed E-state index contributed by atoms with van der Waals surface area (Å²) in [5.74, 6) is 0.978. The summed E-state index contributed by atoms with van der Waals surface area (Å²) in [6.07, 6.45) is 6.56. The molecule has 2 nitrogen and oxygen atoms in total. The lowest BCUT2D eigenvalue weighted by Crippen LogP contribution is -2.04. The van der Waals surface area contributed by atoms with Crippen LogP contribution in [-0.4, -0.2) is 13.2 Å². The molecule has 0 aliphatic rings. The molecule has 2 heteroatoms. The van der Waals surface area contributed by atoms with Crippen molar-refractivity contribution in [3.63, 3.8) is 0 Å². The van der Waals surface area contributed by atoms with Gasteiger partial charge in [-0.05, 0) is 38.0 Å². The first kappa shape index (κ1) is 14.9. The Hall–Kier alpha value is -1.18. The number of unbranched alkanes of at least 4 members (excludes halogenated alkanes) is 4. The van der Waals surface area contributed by atoms with Crippen molar-refractivity contribution in [3.8, 4) is 5.75 Å². The Labute approximate surface area is 112 Å². The van der Waals surface area contributed by atoms with Gasteiger partial charge >= 0.3 is 0 Å². The van der Waals surface area contributed by atoms with E-state index in [1.165, 1.54) is 37.7 Å². The first-order valence-electron chi connectivity index (χ1n) is 7.25. The highest BCUT2D eigenvalue weighted by Crippen LogP contribution is 2.25. The lowest BCUT2D eigenvalue weighted by molar-refractivity contribution is 0.341. The standard InChI is InChI=1S/C16H27NO/c1-4-6-7-8-9-12-17-15-11-10-14(3)13-16(15)18-5-2/h10-11,13,17H,4-9,12H2,1-3H3. The second kappa shape index (κ2) is 8.84. The summed E-state index contributed by atoms with van der Waals surface area (Å²) in [4.78, 5) is 0. The summed E-state index contributed by atoms with van der Waals surface area (Å²) in [7, 11) is 0. The minimum absolute atomic E-state index is 0.717. The van der Waals surface area contributed by atoms with Gasteiger partial charge in [0.1, 0.15) is 5.75 Å². The number of hydrogen-bond donors (Lipinski definition) is 1. The molecule has 0 amide bonds. The van der Waals surface area contributed by atoms with E-state index in [1.807, 2.05) is 6.92 Å². The number of benzene rings is 1. The van der Waals surface area contributed by atoms with Crippen molar-refractivity contribution in [2.75, 3.05) is 18.5 Å². The van der Waals surface area contributed by atoms with E-state index in [-0.39, 0.29) is 0 Å². The molecule has 0 saturated carbocycles. The van der Waals surface area contributed by atoms with Crippen LogP contribution >= 0.6 is 0 Å². The van der Waals surface area contributed by atoms with Gasteiger partial charge in [-0.1, -0.05) is 38.7 Å². The third-order valence-electron chi connectivity index (χ3n) is 3.03. The summed E-state index contributed by atoms with van der Waals surface area (Å²) in [5, 5.41) is 3.48. The van der Waals surface area contributed by atoms with E-state index in [0.29, 0.717) is 6.61 Å². The van der Waals surface area contributed by atoms with Crippen LogP contribution in [0, 0.1) is 6.92 Å². The highest BCUT2D eigenvalue weighted by atomic mass is 16.5. The maximum atomic E-state index is 5.65. The lowest BCUT2D eigenvalue weighted by atomic mass is 10.1. The molecular formula is C16H27NO. The molecule has 18 heavy (non-hydrogen) atoms. The number of ether oxygens (including phenoxy) is 1. The van der Waals surface area contributed by atoms with Gasteiger partial charge in [0.25, 0.3) is 0 Å². The fraction of sp³-hybridized carbons (Fsp3) is 0.625. The predicted octanol–water partition coefficient (Wildman–Crippen LogP) is 4.78. The average Bonchev–Trinajstić information content (AvgIpc) is 2.36. The van der Waals surface area contributed by atoms with Gasteiger partial charge < -0.3 is 10.1 Å². The highest BCUT2D eigenvalue weighted by Gasteiger charge is 2.02. The molecule has 0 radical (unpaired) electrons. The Morgan fingerprint density at radius 3 is 2.56 bits per heavy atom. The van der Waals surface area contributed by atoms with E-state index in [9.17, 15) is 0 Å². The average molecular weight is 249 g/mol. The van der Waals surface area contributed by atoms with E-state index < -0.39 is 0 Å². The van der Waals surface area contributed by atoms with Crippen LogP contribution in [0.4, 0.5) is 5.69 Å². The Kier molecular flexibility index (Phi) is 7.31. The molecule has 1 rings (SSSR count). The second-order valence-corrected chi connectivity index (χ2v) is 4.77. The normalized spacial score (nSPS) is 10.4. The molecule has 0 saturated heterocycles. The predicted molar refractivity (Wildman–Crippen MR) is 79.6 cm³/mol. The summed E-state index contributed by atoms with van der Waals surface area (Å²) in [6.45, 7) is 8.12. The van der Waals surface area contributed by atoms with Gasteiger partial charge in [0, 0.05) is 6.54 Å². The number of rotatable bonds is 9. The lowest BCUT2D eigenvalue weighted by Gasteiger charge is -2.13. The van der Waals surface area contributed by atoms with Crippen LogP contribution < -0.4 is 10.1 Å². The number of nitrogens with one attached hydrogen (secondary N) is 1. The Morgan fingerprint density at radius 1 is 1.06 bits per heavy atom. The van der Waals surface area contributed by atoms with Crippen molar-refractivity contribution in [2.24, 2.45) is 0 Å². The zero-order valence-corrected chi connectivity index (χ0v) is 12.1. The fourth-order valence-electron chi connectivity index (χ4n) is 2.00. The van der Waals surface area contributed by atoms with Crippen molar-refractivity contribution in [1.82, 2.24) is 0 Å². The smallest absolute Gasteiger partial charge is 0.142 e. The van der Waals surface area contributed by atoms with Gasteiger partial charge in [-0.3, -0.25) is 0 Å². The molecule has 0 unspecified atom stereocenters. The van der Waals surface area contributed by atoms with Gasteiger partial charge in [-0.25, -0.2) is 0 Å². The summed E-state index contributed by atoms with van der Waals surface area (Å²) in [5.41, 5.74) is 2.37. The van der Waals surface area contributed by atoms with Gasteiger partial charge in [0.15, 0.2) is 0 Å². The number of hydrogen-bond acceptors (Lipinski definition) is 2. The maximum Gasteiger partial charge on any atom is 0.142 e. The van der Waals surface area contributed by atoms with Crippen molar-refractivity contribution in [1.29, 1.82) is 0 Å². The van der Waals surface area contributed by atoms with E-state index in [0.717, 1.165) is 18.0 Å². The molecule has 0 aliphatic carbocycles. The molecule has 0 aromatic heterocycles. The Balaban J connectivity index is 2.36. The zero-order valence-electron chi connectivity index (χ0n) is 12.1. The van der Waals surface area contributed by atoms with Crippen LogP contribution in [0.2, 0.25) is 0 Å². The van der Waals surface area contributed by atoms with Crippen LogP contribution in [-0.2, 0) is 0 Å². The van der Waals surface area contributed by atoms with Gasteiger partial charge in [0.2, 0.25) is 0 Å². The largest absolute Gasteiger partial charge is 0.492 e. The van der Waals surface area contributed by atoms with Gasteiger partial charge in [-0.2, -0.15) is 0 Å². The van der Waals surface area contributed by atoms with Crippen LogP contribution in [0.3, 0.4) is 0 Å². The molecule has 0 bridgehead atoms. The Morgan fingerprint density at radius 2 is 1.83 bits per heavy atom. The van der Waals surface area contributed by atoms with Crippen LogP contribution in [0.25, 0.3) is 0 Å². The topological polar surface area (TPSA) is 21.3 Å². The summed E-state index contributed by atoms with van der Waals surface area (Å²) in [6, 6.07) is 6.34. The first-order valence-corrected chi connectivity index (χ1v) is 7.25. The molecule has 0 heterocycles. The molecule has 0 fully saturated rings. The highest BCUT2D eigenvalue weighted by molar-refractivity contribution is 5.57. The molecular weight excluding hydrogens is 222 g/mol. The number of aryl methyl sites for hydroxylation is 1. The summed E-state index contributed by atoms with van der Waals surface area (Å²) >= 11 is 0. The van der Waals surface area contributed by atoms with E-state index >= 15 is 0 Å². The molecule has 1 aromatic carbocycles. The third-order valence-corrected chi connectivity index (χ3v) is 3.03. The quantitative estimate of drug-likeness (QED) is 0.636. The second-order valence-electron chi connectivity index (χ2n) is 4.77. The SMILES string of the molecule is CCCCCCCNc1ccc(C)cc1OCC. The van der Waals surface area contributed by atoms with Crippen molar-refractivity contribution < 1.29 is 4.74 Å². The Bertz CT molecular complexity index is 336. The third kappa shape index (κ3) is 5.44. The maximum absolute atomic E-state index is 5.65. The molecule has 1 N–H and O–H groups in total. The minimum atomic E-state index is 0.717. The molecule has 0 aliphatic heterocycles. The van der Waals surface area contributed by atoms with E-state index in [2.05, 4.69) is 37.4 Å². The zero-order chi connectivity index (χ0) is 13.2. The van der Waals surface area contributed by atoms with E-state index in [4.69, 9.17) is 4.74 Å². The molecule has 1 aromatic rings. The van der Waals surface area contributed by atoms with Crippen molar-refractivity contribution in [2.45, 2.75) is 52.9 Å². The van der Waals surface area contributed by atoms with Gasteiger partial charge in [-0.15, -0.1) is 0 Å². The molecule has 0 atom stereocenters. The number of anilines is 1. The summed E-state index contributed by atoms with van der Waals surface area (Å²) < 4.78 is 5.65. The first-order chi connectivity index (χ1) is 8.77. The van der Waals surface area contributed by atoms with Crippen LogP contribution in [0.15, 0.2) is 18.2 Å². The monoisotopic (exact) mass is 249 g/mol. The van der Waals surface area contributed by atoms with Crippen LogP contribution in [0.5, 0.6) is 5.75 Å². The van der Waals surface area contributed by atoms with E-state index in [1.54, 1.807) is 0 Å². The van der Waals surface area contributed by atoms with Gasteiger partial charge in [0.05, 0.1) is 12.3 Å². The fourth-order valence-corrected chi connectivity index (χ4v) is 2.00. The van der Waals surface area contributed by atoms with Crippen molar-refractivity contribution >= 4 is 5.69 Å². The minimum Gasteiger partial charge on any atom is -0.492 e. The van der Waals surface area contributed by atoms with Crippen LogP contribution in [0.1, 0.15) is 51.5 Å². The molecule has 0 spiro atoms. The molecule has 102 valence electrons.